The van der Waals surface area contributed by atoms with Crippen LogP contribution in [0.25, 0.3) is 0 Å². The number of nitrogens with one attached hydrogen (secondary N) is 2. The Kier molecular flexibility index (Phi) is 6.96. The number of aromatic nitrogens is 1. The lowest BCUT2D eigenvalue weighted by Gasteiger charge is -2.15. The third-order valence-corrected chi connectivity index (χ3v) is 5.38. The van der Waals surface area contributed by atoms with Gasteiger partial charge < -0.3 is 14.8 Å². The molecule has 0 spiro atoms. The first-order valence-electron chi connectivity index (χ1n) is 9.38. The van der Waals surface area contributed by atoms with Crippen LogP contribution in [0.2, 0.25) is 0 Å². The number of carbonyl (C=O) groups excluding carboxylic acids is 1. The molecule has 0 saturated heterocycles. The highest BCUT2D eigenvalue weighted by Gasteiger charge is 2.34. The van der Waals surface area contributed by atoms with E-state index >= 15 is 0 Å². The Morgan fingerprint density at radius 3 is 2.20 bits per heavy atom. The number of nitrogens with zero attached hydrogens (tertiary/aromatic N) is 1. The van der Waals surface area contributed by atoms with E-state index in [1.165, 1.54) is 30.5 Å². The molecule has 0 fully saturated rings. The van der Waals surface area contributed by atoms with Crippen molar-refractivity contribution in [2.24, 2.45) is 0 Å². The van der Waals surface area contributed by atoms with Crippen LogP contribution in [0.15, 0.2) is 65.7 Å². The third-order valence-electron chi connectivity index (χ3n) is 4.23. The molecular formula is C21H15F6N3O4S. The molecule has 7 nitrogen and oxygen atoms in total. The normalized spacial score (nSPS) is 13.6. The van der Waals surface area contributed by atoms with Crippen LogP contribution < -0.4 is 14.8 Å². The van der Waals surface area contributed by atoms with Gasteiger partial charge in [-0.25, -0.2) is 8.99 Å². The molecule has 186 valence electrons. The molecule has 14 heteroatoms. The van der Waals surface area contributed by atoms with Crippen LogP contribution in [-0.2, 0) is 15.9 Å². The fourth-order valence-corrected chi connectivity index (χ4v) is 3.39. The number of halogens is 6. The van der Waals surface area contributed by atoms with Gasteiger partial charge in [-0.15, -0.1) is 13.2 Å². The van der Waals surface area contributed by atoms with Gasteiger partial charge in [-0.3, -0.25) is 9.78 Å². The van der Waals surface area contributed by atoms with Crippen molar-refractivity contribution in [3.05, 3.63) is 72.1 Å². The summed E-state index contributed by atoms with van der Waals surface area (Å²) in [4.78, 5) is 16.1. The van der Waals surface area contributed by atoms with Gasteiger partial charge in [-0.05, 0) is 42.5 Å². The summed E-state index contributed by atoms with van der Waals surface area (Å²) >= 11 is 0. The second-order valence-electron chi connectivity index (χ2n) is 7.01. The molecule has 0 aliphatic rings. The van der Waals surface area contributed by atoms with Crippen molar-refractivity contribution in [2.45, 2.75) is 17.4 Å². The Morgan fingerprint density at radius 2 is 1.63 bits per heavy atom. The van der Waals surface area contributed by atoms with Crippen molar-refractivity contribution in [3.8, 4) is 17.2 Å². The smallest absolute Gasteiger partial charge is 0.456 e. The minimum Gasteiger partial charge on any atom is -0.456 e. The van der Waals surface area contributed by atoms with Crippen LogP contribution in [0.1, 0.15) is 16.1 Å². The molecule has 35 heavy (non-hydrogen) atoms. The maximum absolute atomic E-state index is 13.2. The molecule has 2 N–H and O–H groups in total. The van der Waals surface area contributed by atoms with Gasteiger partial charge >= 0.3 is 12.5 Å². The molecule has 0 saturated carbocycles. The summed E-state index contributed by atoms with van der Waals surface area (Å²) in [6.45, 7) is 0. The van der Waals surface area contributed by atoms with E-state index in [0.29, 0.717) is 12.3 Å². The highest BCUT2D eigenvalue weighted by molar-refractivity contribution is 7.91. The number of anilines is 1. The fraction of sp³-hybridized carbons (Fsp3) is 0.143. The first kappa shape index (κ1) is 25.8. The van der Waals surface area contributed by atoms with Gasteiger partial charge in [-0.2, -0.15) is 13.2 Å². The number of rotatable bonds is 6. The predicted octanol–water partition coefficient (Wildman–Crippen LogP) is 6.08. The Balaban J connectivity index is 1.93. The van der Waals surface area contributed by atoms with E-state index in [1.54, 1.807) is 0 Å². The fourth-order valence-electron chi connectivity index (χ4n) is 2.70. The number of ether oxygens (including phenoxy) is 2. The van der Waals surface area contributed by atoms with Crippen LogP contribution in [0.5, 0.6) is 17.2 Å². The molecule has 0 aliphatic carbocycles. The Labute approximate surface area is 194 Å². The van der Waals surface area contributed by atoms with Crippen LogP contribution >= 0.6 is 0 Å². The van der Waals surface area contributed by atoms with E-state index < -0.39 is 50.9 Å². The van der Waals surface area contributed by atoms with Gasteiger partial charge in [0.25, 0.3) is 5.91 Å². The molecule has 1 atom stereocenters. The predicted molar refractivity (Wildman–Crippen MR) is 112 cm³/mol. The molecule has 3 aromatic rings. The van der Waals surface area contributed by atoms with Gasteiger partial charge in [-0.1, -0.05) is 6.07 Å². The van der Waals surface area contributed by atoms with Crippen molar-refractivity contribution >= 4 is 21.3 Å². The summed E-state index contributed by atoms with van der Waals surface area (Å²) < 4.78 is 105. The molecule has 1 amide bonds. The van der Waals surface area contributed by atoms with Crippen LogP contribution in [-0.4, -0.2) is 27.7 Å². The Hall–Kier alpha value is -3.81. The topological polar surface area (TPSA) is 101 Å². The van der Waals surface area contributed by atoms with E-state index in [2.05, 4.69) is 15.0 Å². The summed E-state index contributed by atoms with van der Waals surface area (Å²) in [7, 11) is -3.11. The Morgan fingerprint density at radius 1 is 1.00 bits per heavy atom. The number of amides is 1. The maximum Gasteiger partial charge on any atom is 0.573 e. The quantitative estimate of drug-likeness (QED) is 0.385. The maximum atomic E-state index is 13.2. The van der Waals surface area contributed by atoms with Gasteiger partial charge in [0, 0.05) is 29.1 Å². The van der Waals surface area contributed by atoms with Crippen LogP contribution in [0.3, 0.4) is 0 Å². The number of hydrogen-bond acceptors (Lipinski definition) is 6. The Bertz CT molecular complexity index is 1340. The highest BCUT2D eigenvalue weighted by atomic mass is 32.2. The zero-order valence-corrected chi connectivity index (χ0v) is 18.3. The van der Waals surface area contributed by atoms with Crippen molar-refractivity contribution < 1.29 is 44.8 Å². The SMILES string of the molecule is CS(=N)(=O)c1cccc(NC(=O)c2cnc(C(F)(F)F)cc2Oc2ccc(OC(F)(F)F)cc2)c1. The average molecular weight is 519 g/mol. The summed E-state index contributed by atoms with van der Waals surface area (Å²) in [6.07, 6.45) is -8.01. The number of benzene rings is 2. The summed E-state index contributed by atoms with van der Waals surface area (Å²) in [5, 5.41) is 2.40. The van der Waals surface area contributed by atoms with Crippen molar-refractivity contribution in [3.63, 3.8) is 0 Å². The molecular weight excluding hydrogens is 504 g/mol. The van der Waals surface area contributed by atoms with E-state index in [-0.39, 0.29) is 16.3 Å². The number of carbonyl (C=O) groups is 1. The summed E-state index contributed by atoms with van der Waals surface area (Å²) in [5.41, 5.74) is -1.70. The van der Waals surface area contributed by atoms with Gasteiger partial charge in [0.15, 0.2) is 0 Å². The monoisotopic (exact) mass is 519 g/mol. The van der Waals surface area contributed by atoms with E-state index in [4.69, 9.17) is 9.52 Å². The molecule has 0 radical (unpaired) electrons. The van der Waals surface area contributed by atoms with Crippen LogP contribution in [0, 0.1) is 4.78 Å². The zero-order chi connectivity index (χ0) is 26.0. The minimum atomic E-state index is -4.94. The van der Waals surface area contributed by atoms with E-state index in [9.17, 15) is 35.3 Å². The average Bonchev–Trinajstić information content (AvgIpc) is 2.73. The van der Waals surface area contributed by atoms with Crippen molar-refractivity contribution in [1.82, 2.24) is 4.98 Å². The molecule has 1 aromatic heterocycles. The van der Waals surface area contributed by atoms with E-state index in [0.717, 1.165) is 24.3 Å². The highest BCUT2D eigenvalue weighted by Crippen LogP contribution is 2.34. The number of hydrogen-bond donors (Lipinski definition) is 2. The first-order chi connectivity index (χ1) is 16.1. The van der Waals surface area contributed by atoms with Gasteiger partial charge in [0.05, 0.1) is 9.73 Å². The first-order valence-corrected chi connectivity index (χ1v) is 11.3. The number of alkyl halides is 6. The van der Waals surface area contributed by atoms with Crippen molar-refractivity contribution in [1.29, 1.82) is 4.78 Å². The number of pyridine rings is 1. The molecule has 2 aromatic carbocycles. The van der Waals surface area contributed by atoms with E-state index in [1.807, 2.05) is 0 Å². The zero-order valence-electron chi connectivity index (χ0n) is 17.5. The molecule has 1 heterocycles. The second kappa shape index (κ2) is 9.44. The molecule has 1 unspecified atom stereocenters. The third kappa shape index (κ3) is 7.09. The van der Waals surface area contributed by atoms with Gasteiger partial charge in [0.1, 0.15) is 28.5 Å². The lowest BCUT2D eigenvalue weighted by molar-refractivity contribution is -0.274. The molecule has 0 aliphatic heterocycles. The molecule has 0 bridgehead atoms. The lowest BCUT2D eigenvalue weighted by atomic mass is 10.2. The molecule has 3 rings (SSSR count). The van der Waals surface area contributed by atoms with Crippen LogP contribution in [0.4, 0.5) is 32.0 Å². The minimum absolute atomic E-state index is 0.105. The van der Waals surface area contributed by atoms with Crippen molar-refractivity contribution in [2.75, 3.05) is 11.6 Å². The lowest BCUT2D eigenvalue weighted by Crippen LogP contribution is -2.17. The summed E-state index contributed by atoms with van der Waals surface area (Å²) in [6, 6.07) is 9.74. The second-order valence-corrected chi connectivity index (χ2v) is 9.17. The standard InChI is InChI=1S/C21H15F6N3O4S/c1-35(28,32)15-4-2-3-12(9-15)30-19(31)16-11-29-18(20(22,23)24)10-17(16)33-13-5-7-14(8-6-13)34-21(25,26)27/h2-11,28H,1H3,(H,30,31). The van der Waals surface area contributed by atoms with Gasteiger partial charge in [0.2, 0.25) is 0 Å². The summed E-state index contributed by atoms with van der Waals surface area (Å²) in [5.74, 6) is -2.29. The largest absolute Gasteiger partial charge is 0.573 e.